The van der Waals surface area contributed by atoms with E-state index in [1.54, 1.807) is 12.1 Å². The van der Waals surface area contributed by atoms with Crippen LogP contribution in [0, 0.1) is 0 Å². The minimum absolute atomic E-state index is 0.123. The van der Waals surface area contributed by atoms with E-state index in [1.807, 2.05) is 17.9 Å². The highest BCUT2D eigenvalue weighted by Crippen LogP contribution is 2.26. The van der Waals surface area contributed by atoms with Gasteiger partial charge >= 0.3 is 0 Å². The van der Waals surface area contributed by atoms with Crippen LogP contribution in [0.3, 0.4) is 0 Å². The molecule has 1 aliphatic heterocycles. The number of hydrogen-bond donors (Lipinski definition) is 2. The molecular formula is C15H22N2O3. The molecular weight excluding hydrogens is 256 g/mol. The number of methoxy groups -OCH3 is 1. The van der Waals surface area contributed by atoms with E-state index in [9.17, 15) is 9.90 Å². The highest BCUT2D eigenvalue weighted by Gasteiger charge is 2.22. The average Bonchev–Trinajstić information content (AvgIpc) is 2.99. The van der Waals surface area contributed by atoms with Crippen molar-refractivity contribution in [2.75, 3.05) is 20.2 Å². The Morgan fingerprint density at radius 1 is 1.45 bits per heavy atom. The number of hydrogen-bond acceptors (Lipinski definition) is 4. The highest BCUT2D eigenvalue weighted by molar-refractivity contribution is 5.81. The van der Waals surface area contributed by atoms with Crippen molar-refractivity contribution in [3.8, 4) is 11.5 Å². The summed E-state index contributed by atoms with van der Waals surface area (Å²) >= 11 is 0. The van der Waals surface area contributed by atoms with Crippen molar-refractivity contribution < 1.29 is 14.6 Å². The summed E-state index contributed by atoms with van der Waals surface area (Å²) in [5, 5.41) is 12.8. The number of amides is 1. The molecule has 0 radical (unpaired) electrons. The van der Waals surface area contributed by atoms with E-state index in [4.69, 9.17) is 4.74 Å². The number of rotatable bonds is 5. The van der Waals surface area contributed by atoms with Crippen LogP contribution in [0.1, 0.15) is 25.3 Å². The van der Waals surface area contributed by atoms with Gasteiger partial charge in [0.15, 0.2) is 11.5 Å². The van der Waals surface area contributed by atoms with Gasteiger partial charge in [-0.25, -0.2) is 0 Å². The lowest BCUT2D eigenvalue weighted by atomic mass is 10.2. The minimum Gasteiger partial charge on any atom is -0.504 e. The van der Waals surface area contributed by atoms with Gasteiger partial charge in [0.1, 0.15) is 0 Å². The Morgan fingerprint density at radius 2 is 2.15 bits per heavy atom. The summed E-state index contributed by atoms with van der Waals surface area (Å²) in [6.07, 6.45) is 2.21. The van der Waals surface area contributed by atoms with Gasteiger partial charge in [0, 0.05) is 19.6 Å². The first kappa shape index (κ1) is 14.7. The van der Waals surface area contributed by atoms with Gasteiger partial charge in [0.2, 0.25) is 5.91 Å². The molecule has 5 nitrogen and oxygen atoms in total. The molecule has 20 heavy (non-hydrogen) atoms. The fourth-order valence-electron chi connectivity index (χ4n) is 2.40. The minimum atomic E-state index is -0.201. The fraction of sp³-hybridized carbons (Fsp3) is 0.533. The Kier molecular flexibility index (Phi) is 4.84. The lowest BCUT2D eigenvalue weighted by Gasteiger charge is -2.21. The van der Waals surface area contributed by atoms with Crippen LogP contribution >= 0.6 is 0 Å². The Morgan fingerprint density at radius 3 is 2.80 bits per heavy atom. The second-order valence-corrected chi connectivity index (χ2v) is 5.14. The molecule has 0 saturated carbocycles. The van der Waals surface area contributed by atoms with Crippen LogP contribution in [-0.2, 0) is 11.3 Å². The van der Waals surface area contributed by atoms with Gasteiger partial charge in [-0.2, -0.15) is 0 Å². The van der Waals surface area contributed by atoms with E-state index in [0.717, 1.165) is 31.5 Å². The van der Waals surface area contributed by atoms with Crippen molar-refractivity contribution in [3.63, 3.8) is 0 Å². The molecule has 0 spiro atoms. The molecule has 2 rings (SSSR count). The molecule has 5 heteroatoms. The molecule has 1 fully saturated rings. The van der Waals surface area contributed by atoms with E-state index in [0.29, 0.717) is 12.3 Å². The zero-order chi connectivity index (χ0) is 14.5. The summed E-state index contributed by atoms with van der Waals surface area (Å²) in [7, 11) is 1.52. The Hall–Kier alpha value is -1.75. The van der Waals surface area contributed by atoms with E-state index >= 15 is 0 Å². The molecule has 1 aromatic rings. The Bertz CT molecular complexity index is 470. The summed E-state index contributed by atoms with van der Waals surface area (Å²) in [5.41, 5.74) is 0.973. The monoisotopic (exact) mass is 278 g/mol. The number of ether oxygens (including phenoxy) is 1. The maximum Gasteiger partial charge on any atom is 0.239 e. The molecule has 1 aliphatic rings. The summed E-state index contributed by atoms with van der Waals surface area (Å²) < 4.78 is 5.07. The van der Waals surface area contributed by atoms with E-state index in [-0.39, 0.29) is 17.7 Å². The number of nitrogens with one attached hydrogen (secondary N) is 1. The van der Waals surface area contributed by atoms with Crippen LogP contribution in [0.15, 0.2) is 18.2 Å². The molecule has 1 aromatic carbocycles. The molecule has 0 aromatic heterocycles. The van der Waals surface area contributed by atoms with E-state index in [2.05, 4.69) is 5.32 Å². The topological polar surface area (TPSA) is 61.8 Å². The number of aromatic hydroxyl groups is 1. The normalized spacial score (nSPS) is 16.2. The number of nitrogens with zero attached hydrogens (tertiary/aromatic N) is 1. The SMILES string of the molecule is COc1cc(CNC(C)C(=O)N2CCCC2)ccc1O. The van der Waals surface area contributed by atoms with Crippen molar-refractivity contribution in [3.05, 3.63) is 23.8 Å². The fourth-order valence-corrected chi connectivity index (χ4v) is 2.40. The third-order valence-electron chi connectivity index (χ3n) is 3.64. The highest BCUT2D eigenvalue weighted by atomic mass is 16.5. The molecule has 1 saturated heterocycles. The van der Waals surface area contributed by atoms with Crippen molar-refractivity contribution in [1.82, 2.24) is 10.2 Å². The van der Waals surface area contributed by atoms with Crippen molar-refractivity contribution in [1.29, 1.82) is 0 Å². The second kappa shape index (κ2) is 6.61. The number of phenols is 1. The average molecular weight is 278 g/mol. The quantitative estimate of drug-likeness (QED) is 0.857. The zero-order valence-electron chi connectivity index (χ0n) is 12.1. The molecule has 110 valence electrons. The summed E-state index contributed by atoms with van der Waals surface area (Å²) in [6, 6.07) is 4.99. The molecule has 0 aliphatic carbocycles. The first-order valence-corrected chi connectivity index (χ1v) is 7.00. The van der Waals surface area contributed by atoms with Gasteiger partial charge < -0.3 is 20.1 Å². The molecule has 0 bridgehead atoms. The third kappa shape index (κ3) is 3.42. The summed E-state index contributed by atoms with van der Waals surface area (Å²) in [5.74, 6) is 0.730. The Balaban J connectivity index is 1.89. The van der Waals surface area contributed by atoms with Crippen LogP contribution < -0.4 is 10.1 Å². The lowest BCUT2D eigenvalue weighted by Crippen LogP contribution is -2.43. The van der Waals surface area contributed by atoms with Gasteiger partial charge in [-0.15, -0.1) is 0 Å². The summed E-state index contributed by atoms with van der Waals surface area (Å²) in [6.45, 7) is 4.20. The van der Waals surface area contributed by atoms with Crippen LogP contribution in [0.25, 0.3) is 0 Å². The largest absolute Gasteiger partial charge is 0.504 e. The van der Waals surface area contributed by atoms with Crippen LogP contribution in [0.4, 0.5) is 0 Å². The van der Waals surface area contributed by atoms with Gasteiger partial charge in [-0.3, -0.25) is 4.79 Å². The molecule has 1 heterocycles. The third-order valence-corrected chi connectivity index (χ3v) is 3.64. The van der Waals surface area contributed by atoms with Crippen LogP contribution in [-0.4, -0.2) is 42.2 Å². The second-order valence-electron chi connectivity index (χ2n) is 5.14. The van der Waals surface area contributed by atoms with Gasteiger partial charge in [0.05, 0.1) is 13.2 Å². The number of phenolic OH excluding ortho intramolecular Hbond substituents is 1. The lowest BCUT2D eigenvalue weighted by molar-refractivity contribution is -0.131. The van der Waals surface area contributed by atoms with Crippen molar-refractivity contribution in [2.45, 2.75) is 32.4 Å². The van der Waals surface area contributed by atoms with Crippen molar-refractivity contribution >= 4 is 5.91 Å². The summed E-state index contributed by atoms with van der Waals surface area (Å²) in [4.78, 5) is 14.1. The van der Waals surface area contributed by atoms with E-state index in [1.165, 1.54) is 7.11 Å². The smallest absolute Gasteiger partial charge is 0.239 e. The number of likely N-dealkylation sites (tertiary alicyclic amines) is 1. The van der Waals surface area contributed by atoms with Gasteiger partial charge in [0.25, 0.3) is 0 Å². The first-order chi connectivity index (χ1) is 9.61. The predicted octanol–water partition coefficient (Wildman–Crippen LogP) is 1.50. The number of carbonyl (C=O) groups excluding carboxylic acids is 1. The maximum absolute atomic E-state index is 12.1. The van der Waals surface area contributed by atoms with E-state index < -0.39 is 0 Å². The number of benzene rings is 1. The van der Waals surface area contributed by atoms with Crippen molar-refractivity contribution in [2.24, 2.45) is 0 Å². The van der Waals surface area contributed by atoms with Gasteiger partial charge in [-0.05, 0) is 37.5 Å². The van der Waals surface area contributed by atoms with Crippen LogP contribution in [0.2, 0.25) is 0 Å². The Labute approximate surface area is 119 Å². The first-order valence-electron chi connectivity index (χ1n) is 7.00. The molecule has 1 atom stereocenters. The molecule has 1 amide bonds. The standard InChI is InChI=1S/C15H22N2O3/c1-11(15(19)17-7-3-4-8-17)16-10-12-5-6-13(18)14(9-12)20-2/h5-6,9,11,16,18H,3-4,7-8,10H2,1-2H3. The number of carbonyl (C=O) groups is 1. The predicted molar refractivity (Wildman–Crippen MR) is 76.8 cm³/mol. The zero-order valence-corrected chi connectivity index (χ0v) is 12.1. The maximum atomic E-state index is 12.1. The molecule has 1 unspecified atom stereocenters. The van der Waals surface area contributed by atoms with Crippen LogP contribution in [0.5, 0.6) is 11.5 Å². The van der Waals surface area contributed by atoms with Gasteiger partial charge in [-0.1, -0.05) is 6.07 Å². The molecule has 2 N–H and O–H groups in total.